The molecule has 0 spiro atoms. The van der Waals surface area contributed by atoms with Crippen LogP contribution in [0.1, 0.15) is 24.5 Å². The SMILES string of the molecule is COc1ccc([C@H](O)C2CCN(C(=O)Nc3ccc(F)cc3F)CC2)cc1. The molecule has 144 valence electrons. The van der Waals surface area contributed by atoms with Crippen molar-refractivity contribution in [2.45, 2.75) is 18.9 Å². The summed E-state index contributed by atoms with van der Waals surface area (Å²) in [5.41, 5.74) is 0.758. The summed E-state index contributed by atoms with van der Waals surface area (Å²) in [5.74, 6) is -0.748. The molecule has 2 N–H and O–H groups in total. The van der Waals surface area contributed by atoms with E-state index in [9.17, 15) is 18.7 Å². The Balaban J connectivity index is 1.55. The average molecular weight is 376 g/mol. The molecular formula is C20H22F2N2O3. The topological polar surface area (TPSA) is 61.8 Å². The fourth-order valence-electron chi connectivity index (χ4n) is 3.28. The van der Waals surface area contributed by atoms with Gasteiger partial charge in [0.1, 0.15) is 17.4 Å². The number of aliphatic hydroxyl groups is 1. The van der Waals surface area contributed by atoms with Crippen molar-refractivity contribution >= 4 is 11.7 Å². The molecular weight excluding hydrogens is 354 g/mol. The molecule has 27 heavy (non-hydrogen) atoms. The van der Waals surface area contributed by atoms with E-state index < -0.39 is 23.8 Å². The van der Waals surface area contributed by atoms with Crippen molar-refractivity contribution in [3.63, 3.8) is 0 Å². The number of aliphatic hydroxyl groups excluding tert-OH is 1. The number of piperidine rings is 1. The molecule has 2 amide bonds. The van der Waals surface area contributed by atoms with E-state index in [1.807, 2.05) is 12.1 Å². The highest BCUT2D eigenvalue weighted by Crippen LogP contribution is 2.31. The second-order valence-corrected chi connectivity index (χ2v) is 6.60. The number of hydrogen-bond donors (Lipinski definition) is 2. The molecule has 5 nitrogen and oxygen atoms in total. The van der Waals surface area contributed by atoms with E-state index in [4.69, 9.17) is 4.74 Å². The van der Waals surface area contributed by atoms with Crippen LogP contribution in [-0.4, -0.2) is 36.2 Å². The zero-order valence-corrected chi connectivity index (χ0v) is 15.0. The number of ether oxygens (including phenoxy) is 1. The summed E-state index contributed by atoms with van der Waals surface area (Å²) in [5, 5.41) is 13.1. The molecule has 0 radical (unpaired) electrons. The number of methoxy groups -OCH3 is 1. The number of urea groups is 1. The van der Waals surface area contributed by atoms with E-state index in [1.54, 1.807) is 24.1 Å². The van der Waals surface area contributed by atoms with Gasteiger partial charge in [-0.2, -0.15) is 0 Å². The van der Waals surface area contributed by atoms with Crippen LogP contribution in [0, 0.1) is 17.6 Å². The zero-order valence-electron chi connectivity index (χ0n) is 15.0. The van der Waals surface area contributed by atoms with Crippen LogP contribution in [0.3, 0.4) is 0 Å². The number of halogens is 2. The van der Waals surface area contributed by atoms with Crippen molar-refractivity contribution in [3.8, 4) is 5.75 Å². The van der Waals surface area contributed by atoms with Gasteiger partial charge in [-0.25, -0.2) is 13.6 Å². The molecule has 1 atom stereocenters. The minimum Gasteiger partial charge on any atom is -0.497 e. The molecule has 2 aromatic carbocycles. The maximum absolute atomic E-state index is 13.7. The van der Waals surface area contributed by atoms with Crippen LogP contribution in [0.25, 0.3) is 0 Å². The number of rotatable bonds is 4. The molecule has 1 heterocycles. The minimum absolute atomic E-state index is 0.0324. The summed E-state index contributed by atoms with van der Waals surface area (Å²) in [4.78, 5) is 13.9. The van der Waals surface area contributed by atoms with Gasteiger partial charge in [0.2, 0.25) is 0 Å². The normalized spacial score (nSPS) is 16.1. The molecule has 7 heteroatoms. The quantitative estimate of drug-likeness (QED) is 0.849. The Hall–Kier alpha value is -2.67. The van der Waals surface area contributed by atoms with Gasteiger partial charge in [0.15, 0.2) is 0 Å². The molecule has 3 rings (SSSR count). The lowest BCUT2D eigenvalue weighted by Gasteiger charge is -2.34. The molecule has 1 saturated heterocycles. The van der Waals surface area contributed by atoms with Gasteiger partial charge in [0, 0.05) is 19.2 Å². The first kappa shape index (κ1) is 19.1. The first-order chi connectivity index (χ1) is 13.0. The lowest BCUT2D eigenvalue weighted by atomic mass is 9.87. The van der Waals surface area contributed by atoms with E-state index >= 15 is 0 Å². The van der Waals surface area contributed by atoms with Gasteiger partial charge in [-0.1, -0.05) is 12.1 Å². The number of anilines is 1. The maximum Gasteiger partial charge on any atom is 0.321 e. The number of nitrogens with zero attached hydrogens (tertiary/aromatic N) is 1. The Labute approximate surface area is 156 Å². The summed E-state index contributed by atoms with van der Waals surface area (Å²) in [6.45, 7) is 0.902. The second kappa shape index (κ2) is 8.35. The van der Waals surface area contributed by atoms with Gasteiger partial charge < -0.3 is 20.1 Å². The van der Waals surface area contributed by atoms with Gasteiger partial charge in [-0.15, -0.1) is 0 Å². The molecule has 2 aromatic rings. The summed E-state index contributed by atoms with van der Waals surface area (Å²) in [7, 11) is 1.59. The zero-order chi connectivity index (χ0) is 19.4. The highest BCUT2D eigenvalue weighted by molar-refractivity contribution is 5.89. The Bertz CT molecular complexity index is 790. The van der Waals surface area contributed by atoms with Crippen molar-refractivity contribution in [2.75, 3.05) is 25.5 Å². The fraction of sp³-hybridized carbons (Fsp3) is 0.350. The molecule has 0 aliphatic carbocycles. The lowest BCUT2D eigenvalue weighted by molar-refractivity contribution is 0.0683. The van der Waals surface area contributed by atoms with Crippen molar-refractivity contribution in [3.05, 3.63) is 59.7 Å². The van der Waals surface area contributed by atoms with E-state index in [1.165, 1.54) is 6.07 Å². The van der Waals surface area contributed by atoms with E-state index in [0.717, 1.165) is 23.4 Å². The monoisotopic (exact) mass is 376 g/mol. The number of hydrogen-bond acceptors (Lipinski definition) is 3. The van der Waals surface area contributed by atoms with Gasteiger partial charge in [-0.05, 0) is 48.6 Å². The van der Waals surface area contributed by atoms with E-state index in [2.05, 4.69) is 5.32 Å². The third-order valence-corrected chi connectivity index (χ3v) is 4.90. The van der Waals surface area contributed by atoms with Crippen molar-refractivity contribution < 1.29 is 23.4 Å². The summed E-state index contributed by atoms with van der Waals surface area (Å²) < 4.78 is 31.7. The molecule has 0 unspecified atom stereocenters. The third-order valence-electron chi connectivity index (χ3n) is 4.90. The van der Waals surface area contributed by atoms with E-state index in [0.29, 0.717) is 25.9 Å². The highest BCUT2D eigenvalue weighted by Gasteiger charge is 2.28. The maximum atomic E-state index is 13.7. The molecule has 0 aromatic heterocycles. The van der Waals surface area contributed by atoms with Crippen molar-refractivity contribution in [1.29, 1.82) is 0 Å². The van der Waals surface area contributed by atoms with Gasteiger partial charge >= 0.3 is 6.03 Å². The van der Waals surface area contributed by atoms with Crippen LogP contribution in [0.2, 0.25) is 0 Å². The molecule has 0 bridgehead atoms. The summed E-state index contributed by atoms with van der Waals surface area (Å²) in [6, 6.07) is 9.86. The largest absolute Gasteiger partial charge is 0.497 e. The number of nitrogens with one attached hydrogen (secondary N) is 1. The number of carbonyl (C=O) groups excluding carboxylic acids is 1. The number of carbonyl (C=O) groups is 1. The smallest absolute Gasteiger partial charge is 0.321 e. The number of likely N-dealkylation sites (tertiary alicyclic amines) is 1. The van der Waals surface area contributed by atoms with Crippen LogP contribution >= 0.6 is 0 Å². The predicted molar refractivity (Wildman–Crippen MR) is 97.6 cm³/mol. The first-order valence-corrected chi connectivity index (χ1v) is 8.81. The lowest BCUT2D eigenvalue weighted by Crippen LogP contribution is -2.42. The van der Waals surface area contributed by atoms with Crippen molar-refractivity contribution in [1.82, 2.24) is 4.90 Å². The summed E-state index contributed by atoms with van der Waals surface area (Å²) in [6.07, 6.45) is 0.648. The minimum atomic E-state index is -0.812. The highest BCUT2D eigenvalue weighted by atomic mass is 19.1. The van der Waals surface area contributed by atoms with Gasteiger partial charge in [0.25, 0.3) is 0 Å². The Morgan fingerprint density at radius 3 is 2.44 bits per heavy atom. The van der Waals surface area contributed by atoms with Crippen LogP contribution in [0.5, 0.6) is 5.75 Å². The molecule has 1 aliphatic rings. The van der Waals surface area contributed by atoms with Crippen molar-refractivity contribution in [2.24, 2.45) is 5.92 Å². The Morgan fingerprint density at radius 2 is 1.85 bits per heavy atom. The predicted octanol–water partition coefficient (Wildman–Crippen LogP) is 3.95. The fourth-order valence-corrected chi connectivity index (χ4v) is 3.28. The molecule has 1 aliphatic heterocycles. The average Bonchev–Trinajstić information content (AvgIpc) is 2.69. The Kier molecular flexibility index (Phi) is 5.91. The standard InChI is InChI=1S/C20H22F2N2O3/c1-27-16-5-2-13(3-6-16)19(25)14-8-10-24(11-9-14)20(26)23-18-7-4-15(21)12-17(18)22/h2-7,12,14,19,25H,8-11H2,1H3,(H,23,26)/t19-/m0/s1. The van der Waals surface area contributed by atoms with E-state index in [-0.39, 0.29) is 11.6 Å². The van der Waals surface area contributed by atoms with Gasteiger partial charge in [-0.3, -0.25) is 0 Å². The van der Waals surface area contributed by atoms with Crippen LogP contribution in [-0.2, 0) is 0 Å². The first-order valence-electron chi connectivity index (χ1n) is 8.81. The molecule has 0 saturated carbocycles. The summed E-state index contributed by atoms with van der Waals surface area (Å²) >= 11 is 0. The van der Waals surface area contributed by atoms with Crippen LogP contribution < -0.4 is 10.1 Å². The number of amides is 2. The number of benzene rings is 2. The molecule has 1 fully saturated rings. The van der Waals surface area contributed by atoms with Gasteiger partial charge in [0.05, 0.1) is 18.9 Å². The van der Waals surface area contributed by atoms with Crippen LogP contribution in [0.4, 0.5) is 19.3 Å². The Morgan fingerprint density at radius 1 is 1.19 bits per heavy atom. The second-order valence-electron chi connectivity index (χ2n) is 6.60. The third kappa shape index (κ3) is 4.54. The van der Waals surface area contributed by atoms with Crippen LogP contribution in [0.15, 0.2) is 42.5 Å².